The molecule has 36 heavy (non-hydrogen) atoms. The maximum absolute atomic E-state index is 9.85. The van der Waals surface area contributed by atoms with Gasteiger partial charge in [-0.2, -0.15) is 10.2 Å². The van der Waals surface area contributed by atoms with E-state index in [1.807, 2.05) is 25.1 Å². The minimum atomic E-state index is -0.602. The molecular weight excluding hydrogens is 472 g/mol. The Kier molecular flexibility index (Phi) is 8.90. The second-order valence-corrected chi connectivity index (χ2v) is 9.49. The third-order valence-corrected chi connectivity index (χ3v) is 6.81. The average molecular weight is 503 g/mol. The number of hydrogen-bond donors (Lipinski definition) is 0. The molecule has 2 unspecified atom stereocenters. The molecule has 3 aromatic heterocycles. The third kappa shape index (κ3) is 6.61. The van der Waals surface area contributed by atoms with Crippen LogP contribution in [0.25, 0.3) is 10.2 Å². The van der Waals surface area contributed by atoms with E-state index in [9.17, 15) is 5.26 Å². The summed E-state index contributed by atoms with van der Waals surface area (Å²) in [6.45, 7) is 10.0. The lowest BCUT2D eigenvalue weighted by Crippen LogP contribution is -2.32. The minimum absolute atomic E-state index is 0.197. The number of ether oxygens (including phenoxy) is 2. The smallest absolute Gasteiger partial charge is 0.316 e. The molecule has 0 N–H and O–H groups in total. The normalized spacial score (nSPS) is 13.0. The largest absolute Gasteiger partial charge is 0.459 e. The Morgan fingerprint density at radius 3 is 2.75 bits per heavy atom. The van der Waals surface area contributed by atoms with Gasteiger partial charge in [-0.25, -0.2) is 9.97 Å². The molecule has 0 saturated carbocycles. The van der Waals surface area contributed by atoms with Crippen molar-refractivity contribution in [2.45, 2.75) is 45.9 Å². The second kappa shape index (κ2) is 12.5. The number of rotatable bonds is 12. The van der Waals surface area contributed by atoms with Crippen LogP contribution in [-0.2, 0) is 17.9 Å². The molecule has 0 aliphatic heterocycles. The summed E-state index contributed by atoms with van der Waals surface area (Å²) in [5.41, 5.74) is 3.58. The topological polar surface area (TPSA) is 97.1 Å². The predicted octanol–water partition coefficient (Wildman–Crippen LogP) is 4.96. The summed E-state index contributed by atoms with van der Waals surface area (Å²) >= 11 is 1.47. The Bertz CT molecular complexity index is 1290. The van der Waals surface area contributed by atoms with Gasteiger partial charge >= 0.3 is 6.01 Å². The van der Waals surface area contributed by atoms with E-state index in [1.54, 1.807) is 24.7 Å². The van der Waals surface area contributed by atoms with Crippen molar-refractivity contribution in [3.8, 4) is 12.1 Å². The highest BCUT2D eigenvalue weighted by Gasteiger charge is 2.20. The first-order valence-corrected chi connectivity index (χ1v) is 12.9. The number of fused-ring (bicyclic) bond motifs is 1. The van der Waals surface area contributed by atoms with Crippen LogP contribution < -0.4 is 4.74 Å². The summed E-state index contributed by atoms with van der Waals surface area (Å²) in [6, 6.07) is 14.5. The van der Waals surface area contributed by atoms with Gasteiger partial charge in [0.05, 0.1) is 34.3 Å². The lowest BCUT2D eigenvalue weighted by atomic mass is 10.1. The molecule has 1 aromatic carbocycles. The van der Waals surface area contributed by atoms with Crippen molar-refractivity contribution < 1.29 is 9.47 Å². The van der Waals surface area contributed by atoms with E-state index < -0.39 is 5.92 Å². The molecule has 9 heteroatoms. The zero-order valence-electron chi connectivity index (χ0n) is 20.8. The van der Waals surface area contributed by atoms with Gasteiger partial charge in [-0.1, -0.05) is 31.2 Å². The molecule has 2 atom stereocenters. The summed E-state index contributed by atoms with van der Waals surface area (Å²) in [5, 5.41) is 10.5. The molecule has 8 nitrogen and oxygen atoms in total. The van der Waals surface area contributed by atoms with Gasteiger partial charge in [-0.3, -0.25) is 9.88 Å². The molecule has 0 saturated heterocycles. The number of nitriles is 1. The van der Waals surface area contributed by atoms with Gasteiger partial charge in [0.1, 0.15) is 17.5 Å². The number of hydrogen-bond acceptors (Lipinski definition) is 9. The van der Waals surface area contributed by atoms with Crippen molar-refractivity contribution >= 4 is 21.6 Å². The van der Waals surface area contributed by atoms with Gasteiger partial charge < -0.3 is 9.47 Å². The summed E-state index contributed by atoms with van der Waals surface area (Å²) < 4.78 is 12.6. The summed E-state index contributed by atoms with van der Waals surface area (Å²) in [7, 11) is 0. The monoisotopic (exact) mass is 502 g/mol. The van der Waals surface area contributed by atoms with Crippen LogP contribution in [0.4, 0.5) is 0 Å². The molecule has 0 radical (unpaired) electrons. The lowest BCUT2D eigenvalue weighted by molar-refractivity contribution is 0.0450. The van der Waals surface area contributed by atoms with Gasteiger partial charge in [0.25, 0.3) is 0 Å². The van der Waals surface area contributed by atoms with E-state index in [4.69, 9.17) is 9.47 Å². The third-order valence-electron chi connectivity index (χ3n) is 5.71. The van der Waals surface area contributed by atoms with Crippen molar-refractivity contribution in [2.24, 2.45) is 0 Å². The molecule has 186 valence electrons. The van der Waals surface area contributed by atoms with E-state index in [0.717, 1.165) is 42.0 Å². The zero-order chi connectivity index (χ0) is 25.3. The molecular formula is C27H30N6O2S. The Morgan fingerprint density at radius 1 is 1.11 bits per heavy atom. The molecule has 3 heterocycles. The molecule has 0 fully saturated rings. The number of benzene rings is 1. The van der Waals surface area contributed by atoms with E-state index in [1.165, 1.54) is 16.9 Å². The van der Waals surface area contributed by atoms with Crippen molar-refractivity contribution in [3.05, 3.63) is 76.8 Å². The summed E-state index contributed by atoms with van der Waals surface area (Å²) in [4.78, 5) is 19.8. The first-order chi connectivity index (χ1) is 17.6. The van der Waals surface area contributed by atoms with Crippen molar-refractivity contribution in [1.29, 1.82) is 5.26 Å². The van der Waals surface area contributed by atoms with Crippen LogP contribution in [-0.4, -0.2) is 50.6 Å². The highest BCUT2D eigenvalue weighted by atomic mass is 32.1. The van der Waals surface area contributed by atoms with Crippen LogP contribution in [0.15, 0.2) is 55.0 Å². The average Bonchev–Trinajstić information content (AvgIpc) is 3.32. The number of pyridine rings is 1. The number of aromatic nitrogens is 4. The number of thiazole rings is 1. The SMILES string of the molecule is CCOC(C)CN(CC)Cc1cccc(COc2nccc(C(C#N)c3nc4cnccc4s3)n2)c1. The Balaban J connectivity index is 1.42. The van der Waals surface area contributed by atoms with E-state index >= 15 is 0 Å². The van der Waals surface area contributed by atoms with Gasteiger partial charge in [-0.15, -0.1) is 11.3 Å². The Labute approximate surface area is 215 Å². The van der Waals surface area contributed by atoms with Crippen molar-refractivity contribution in [1.82, 2.24) is 24.8 Å². The summed E-state index contributed by atoms with van der Waals surface area (Å²) in [6.07, 6.45) is 5.23. The molecule has 0 aliphatic rings. The molecule has 0 amide bonds. The molecule has 0 bridgehead atoms. The first-order valence-electron chi connectivity index (χ1n) is 12.1. The minimum Gasteiger partial charge on any atom is -0.459 e. The van der Waals surface area contributed by atoms with Crippen LogP contribution in [0.2, 0.25) is 0 Å². The standard InChI is InChI=1S/C27H30N6O2S/c1-4-33(16-19(3)34-5-2)17-20-7-6-8-21(13-20)18-35-27-30-12-9-23(32-27)22(14-28)26-31-24-15-29-11-10-25(24)36-26/h6-13,15,19,22H,4-5,16-18H2,1-3H3. The fourth-order valence-electron chi connectivity index (χ4n) is 3.98. The maximum Gasteiger partial charge on any atom is 0.316 e. The quantitative estimate of drug-likeness (QED) is 0.268. The zero-order valence-corrected chi connectivity index (χ0v) is 21.6. The van der Waals surface area contributed by atoms with E-state index in [2.05, 4.69) is 56.9 Å². The van der Waals surface area contributed by atoms with Crippen LogP contribution >= 0.6 is 11.3 Å². The second-order valence-electron chi connectivity index (χ2n) is 8.42. The van der Waals surface area contributed by atoms with Gasteiger partial charge in [0.2, 0.25) is 0 Å². The van der Waals surface area contributed by atoms with Crippen LogP contribution in [0.5, 0.6) is 6.01 Å². The van der Waals surface area contributed by atoms with E-state index in [-0.39, 0.29) is 12.1 Å². The maximum atomic E-state index is 9.85. The molecule has 0 spiro atoms. The highest BCUT2D eigenvalue weighted by molar-refractivity contribution is 7.18. The summed E-state index contributed by atoms with van der Waals surface area (Å²) in [5.74, 6) is -0.602. The van der Waals surface area contributed by atoms with Crippen LogP contribution in [0, 0.1) is 11.3 Å². The van der Waals surface area contributed by atoms with E-state index in [0.29, 0.717) is 17.3 Å². The Hall–Kier alpha value is -3.45. The van der Waals surface area contributed by atoms with Gasteiger partial charge in [0.15, 0.2) is 0 Å². The number of likely N-dealkylation sites (N-methyl/N-ethyl adjacent to an activating group) is 1. The molecule has 4 rings (SSSR count). The predicted molar refractivity (Wildman–Crippen MR) is 140 cm³/mol. The van der Waals surface area contributed by atoms with Crippen LogP contribution in [0.3, 0.4) is 0 Å². The van der Waals surface area contributed by atoms with Crippen LogP contribution in [0.1, 0.15) is 48.5 Å². The highest BCUT2D eigenvalue weighted by Crippen LogP contribution is 2.30. The lowest BCUT2D eigenvalue weighted by Gasteiger charge is -2.24. The molecule has 4 aromatic rings. The first kappa shape index (κ1) is 25.6. The molecule has 0 aliphatic carbocycles. The fourth-order valence-corrected chi connectivity index (χ4v) is 4.98. The Morgan fingerprint density at radius 2 is 1.97 bits per heavy atom. The van der Waals surface area contributed by atoms with Gasteiger partial charge in [-0.05, 0) is 43.7 Å². The number of nitrogens with zero attached hydrogens (tertiary/aromatic N) is 6. The fraction of sp³-hybridized carbons (Fsp3) is 0.370. The van der Waals surface area contributed by atoms with Crippen molar-refractivity contribution in [3.63, 3.8) is 0 Å². The van der Waals surface area contributed by atoms with Gasteiger partial charge in [0, 0.05) is 32.1 Å². The van der Waals surface area contributed by atoms with Crippen molar-refractivity contribution in [2.75, 3.05) is 19.7 Å².